The first-order valence-corrected chi connectivity index (χ1v) is 9.91. The number of allylic oxidation sites excluding steroid dienone is 4. The molecular weight excluding hydrogens is 360 g/mol. The van der Waals surface area contributed by atoms with Gasteiger partial charge in [-0.3, -0.25) is 14.4 Å². The quantitative estimate of drug-likeness (QED) is 0.677. The number of ketones is 2. The first kappa shape index (κ1) is 19.2. The number of hydrogen-bond acceptors (Lipinski definition) is 6. The average molecular weight is 388 g/mol. The normalized spacial score (nSPS) is 45.0. The molecule has 2 fully saturated rings. The Morgan fingerprint density at radius 2 is 1.82 bits per heavy atom. The maximum absolute atomic E-state index is 13.7. The van der Waals surface area contributed by atoms with Gasteiger partial charge in [0, 0.05) is 22.7 Å². The maximum Gasteiger partial charge on any atom is 0.306 e. The number of methoxy groups -OCH3 is 2. The van der Waals surface area contributed by atoms with Crippen molar-refractivity contribution in [1.29, 1.82) is 0 Å². The number of ether oxygens (including phenoxy) is 3. The molecule has 0 bridgehead atoms. The van der Waals surface area contributed by atoms with Crippen LogP contribution in [0.5, 0.6) is 0 Å². The highest BCUT2D eigenvalue weighted by molar-refractivity contribution is 6.07. The van der Waals surface area contributed by atoms with Crippen LogP contribution in [0.25, 0.3) is 0 Å². The summed E-state index contributed by atoms with van der Waals surface area (Å²) in [6.07, 6.45) is 2.21. The van der Waals surface area contributed by atoms with Gasteiger partial charge in [0.15, 0.2) is 11.5 Å². The van der Waals surface area contributed by atoms with Gasteiger partial charge >= 0.3 is 5.97 Å². The lowest BCUT2D eigenvalue weighted by atomic mass is 9.40. The third-order valence-corrected chi connectivity index (χ3v) is 8.10. The molecular formula is C22H28O6. The summed E-state index contributed by atoms with van der Waals surface area (Å²) in [6, 6.07) is 0. The van der Waals surface area contributed by atoms with Gasteiger partial charge < -0.3 is 14.2 Å². The molecule has 0 N–H and O–H groups in total. The summed E-state index contributed by atoms with van der Waals surface area (Å²) in [5, 5.41) is 0. The topological polar surface area (TPSA) is 78.9 Å². The first-order chi connectivity index (χ1) is 13.1. The predicted molar refractivity (Wildman–Crippen MR) is 99.8 cm³/mol. The van der Waals surface area contributed by atoms with Crippen LogP contribution in [0.1, 0.15) is 40.5 Å². The van der Waals surface area contributed by atoms with Crippen LogP contribution in [0, 0.1) is 34.5 Å². The van der Waals surface area contributed by atoms with Crippen molar-refractivity contribution in [2.75, 3.05) is 14.2 Å². The Bertz CT molecular complexity index is 838. The summed E-state index contributed by atoms with van der Waals surface area (Å²) < 4.78 is 16.7. The van der Waals surface area contributed by atoms with Gasteiger partial charge in [0.1, 0.15) is 6.10 Å². The fourth-order valence-corrected chi connectivity index (χ4v) is 6.81. The van der Waals surface area contributed by atoms with Crippen LogP contribution in [0.15, 0.2) is 23.2 Å². The molecule has 28 heavy (non-hydrogen) atoms. The summed E-state index contributed by atoms with van der Waals surface area (Å²) in [5.41, 5.74) is -0.795. The minimum Gasteiger partial charge on any atom is -0.493 e. The number of esters is 1. The smallest absolute Gasteiger partial charge is 0.306 e. The van der Waals surface area contributed by atoms with Crippen molar-refractivity contribution in [2.24, 2.45) is 34.5 Å². The summed E-state index contributed by atoms with van der Waals surface area (Å²) >= 11 is 0. The Hall–Kier alpha value is -2.11. The van der Waals surface area contributed by atoms with Crippen molar-refractivity contribution in [2.45, 2.75) is 46.6 Å². The first-order valence-electron chi connectivity index (χ1n) is 9.91. The highest BCUT2D eigenvalue weighted by Gasteiger charge is 2.72. The molecule has 0 unspecified atom stereocenters. The van der Waals surface area contributed by atoms with Crippen molar-refractivity contribution < 1.29 is 28.6 Å². The minimum atomic E-state index is -0.936. The molecule has 0 radical (unpaired) electrons. The Balaban J connectivity index is 1.99. The second kappa shape index (κ2) is 5.94. The van der Waals surface area contributed by atoms with Crippen molar-refractivity contribution >= 4 is 17.5 Å². The van der Waals surface area contributed by atoms with E-state index in [-0.39, 0.29) is 47.5 Å². The molecule has 1 aliphatic heterocycles. The minimum absolute atomic E-state index is 0.0204. The van der Waals surface area contributed by atoms with Crippen molar-refractivity contribution in [3.8, 4) is 0 Å². The predicted octanol–water partition coefficient (Wildman–Crippen LogP) is 2.82. The molecule has 1 heterocycles. The zero-order chi connectivity index (χ0) is 20.6. The fourth-order valence-electron chi connectivity index (χ4n) is 6.81. The second-order valence-electron chi connectivity index (χ2n) is 9.16. The average Bonchev–Trinajstić information content (AvgIpc) is 2.63. The number of fused-ring (bicyclic) bond motifs is 2. The van der Waals surface area contributed by atoms with Crippen LogP contribution in [-0.4, -0.2) is 37.9 Å². The second-order valence-corrected chi connectivity index (χ2v) is 9.16. The van der Waals surface area contributed by atoms with Crippen molar-refractivity contribution in [3.63, 3.8) is 0 Å². The van der Waals surface area contributed by atoms with Gasteiger partial charge in [0.2, 0.25) is 11.6 Å². The molecule has 6 heteroatoms. The lowest BCUT2D eigenvalue weighted by Crippen LogP contribution is -2.69. The van der Waals surface area contributed by atoms with Gasteiger partial charge in [0.05, 0.1) is 20.6 Å². The van der Waals surface area contributed by atoms with Crippen molar-refractivity contribution in [1.82, 2.24) is 0 Å². The Morgan fingerprint density at radius 1 is 1.14 bits per heavy atom. The lowest BCUT2D eigenvalue weighted by Gasteiger charge is -2.64. The number of rotatable bonds is 2. The molecule has 0 aromatic heterocycles. The molecule has 3 aliphatic carbocycles. The van der Waals surface area contributed by atoms with Gasteiger partial charge in [-0.05, 0) is 36.8 Å². The highest BCUT2D eigenvalue weighted by Crippen LogP contribution is 2.67. The largest absolute Gasteiger partial charge is 0.493 e. The van der Waals surface area contributed by atoms with Crippen LogP contribution in [0.3, 0.4) is 0 Å². The zero-order valence-corrected chi connectivity index (χ0v) is 17.3. The molecule has 4 rings (SSSR count). The van der Waals surface area contributed by atoms with Crippen molar-refractivity contribution in [3.05, 3.63) is 23.2 Å². The van der Waals surface area contributed by atoms with E-state index in [1.165, 1.54) is 14.2 Å². The summed E-state index contributed by atoms with van der Waals surface area (Å²) in [6.45, 7) is 7.80. The number of Topliss-reactive ketones (excluding diaryl/α,β-unsaturated/α-hetero) is 2. The van der Waals surface area contributed by atoms with E-state index in [4.69, 9.17) is 14.2 Å². The maximum atomic E-state index is 13.7. The van der Waals surface area contributed by atoms with E-state index in [1.54, 1.807) is 0 Å². The molecule has 152 valence electrons. The highest BCUT2D eigenvalue weighted by atomic mass is 16.5. The number of hydrogen-bond donors (Lipinski definition) is 0. The zero-order valence-electron chi connectivity index (χ0n) is 17.3. The Kier molecular flexibility index (Phi) is 4.08. The van der Waals surface area contributed by atoms with Crippen LogP contribution in [0.2, 0.25) is 0 Å². The van der Waals surface area contributed by atoms with E-state index in [0.29, 0.717) is 12.2 Å². The van der Waals surface area contributed by atoms with Gasteiger partial charge in [-0.2, -0.15) is 0 Å². The summed E-state index contributed by atoms with van der Waals surface area (Å²) in [7, 11) is 2.97. The molecule has 1 saturated carbocycles. The van der Waals surface area contributed by atoms with Gasteiger partial charge in [-0.1, -0.05) is 20.8 Å². The fraction of sp³-hybridized carbons (Fsp3) is 0.682. The van der Waals surface area contributed by atoms with E-state index in [2.05, 4.69) is 0 Å². The molecule has 1 saturated heterocycles. The summed E-state index contributed by atoms with van der Waals surface area (Å²) in [4.78, 5) is 39.6. The van der Waals surface area contributed by atoms with Gasteiger partial charge in [-0.25, -0.2) is 0 Å². The number of carbonyl (C=O) groups excluding carboxylic acids is 3. The SMILES string of the molecule is COC1=C[C@H](C)[C@H]2C[C@H]3OC(=O)C[C@H]4C(C)=C(OC)C(=O)[C@H]([C@@]2(C)C1=O)[C@@]34C. The number of carbonyl (C=O) groups is 3. The van der Waals surface area contributed by atoms with Crippen LogP contribution < -0.4 is 0 Å². The summed E-state index contributed by atoms with van der Waals surface area (Å²) in [5.74, 6) is -0.854. The molecule has 6 nitrogen and oxygen atoms in total. The van der Waals surface area contributed by atoms with Crippen LogP contribution in [-0.2, 0) is 28.6 Å². The molecule has 0 aromatic carbocycles. The van der Waals surface area contributed by atoms with E-state index in [9.17, 15) is 14.4 Å². The third kappa shape index (κ3) is 2.06. The Labute approximate surface area is 165 Å². The molecule has 0 spiro atoms. The van der Waals surface area contributed by atoms with E-state index >= 15 is 0 Å². The van der Waals surface area contributed by atoms with Gasteiger partial charge in [-0.15, -0.1) is 0 Å². The van der Waals surface area contributed by atoms with Crippen LogP contribution in [0.4, 0.5) is 0 Å². The molecule has 0 aromatic rings. The molecule has 0 amide bonds. The monoisotopic (exact) mass is 388 g/mol. The van der Waals surface area contributed by atoms with Crippen LogP contribution >= 0.6 is 0 Å². The lowest BCUT2D eigenvalue weighted by molar-refractivity contribution is -0.217. The van der Waals surface area contributed by atoms with E-state index in [0.717, 1.165) is 5.57 Å². The Morgan fingerprint density at radius 3 is 2.43 bits per heavy atom. The molecule has 7 atom stereocenters. The third-order valence-electron chi connectivity index (χ3n) is 8.10. The van der Waals surface area contributed by atoms with Gasteiger partial charge in [0.25, 0.3) is 0 Å². The standard InChI is InChI=1S/C22H28O6/c1-10-7-14(26-5)20(25)22(4)12(10)8-15-21(3)13(9-16(23)28-15)11(2)18(27-6)17(24)19(21)22/h7,10,12-13,15,19H,8-9H2,1-6H3/t10-,12+,13-,15+,19-,21+,22-/m0/s1. The van der Waals surface area contributed by atoms with E-state index < -0.39 is 22.9 Å². The molecule has 4 aliphatic rings. The van der Waals surface area contributed by atoms with E-state index in [1.807, 2.05) is 33.8 Å².